The maximum atomic E-state index is 5.75. The van der Waals surface area contributed by atoms with Crippen LogP contribution >= 0.6 is 0 Å². The Morgan fingerprint density at radius 3 is 2.56 bits per heavy atom. The van der Waals surface area contributed by atoms with Crippen molar-refractivity contribution in [1.29, 1.82) is 0 Å². The molecule has 3 atom stereocenters. The van der Waals surface area contributed by atoms with Crippen molar-refractivity contribution < 1.29 is 4.74 Å². The zero-order chi connectivity index (χ0) is 6.85. The van der Waals surface area contributed by atoms with Crippen LogP contribution in [0.3, 0.4) is 0 Å². The number of nitrogens with one attached hydrogen (secondary N) is 1. The van der Waals surface area contributed by atoms with Gasteiger partial charge in [-0.3, -0.25) is 0 Å². The van der Waals surface area contributed by atoms with Gasteiger partial charge < -0.3 is 15.8 Å². The van der Waals surface area contributed by atoms with Crippen LogP contribution in [-0.2, 0) is 4.74 Å². The van der Waals surface area contributed by atoms with Gasteiger partial charge in [0.1, 0.15) is 0 Å². The minimum absolute atomic E-state index is 0.162. The molecule has 0 aromatic carbocycles. The smallest absolute Gasteiger partial charge is 0.0861 e. The van der Waals surface area contributed by atoms with E-state index in [1.807, 2.05) is 0 Å². The lowest BCUT2D eigenvalue weighted by atomic mass is 10.1. The van der Waals surface area contributed by atoms with Crippen molar-refractivity contribution in [3.63, 3.8) is 0 Å². The average Bonchev–Trinajstić information content (AvgIpc) is 2.15. The van der Waals surface area contributed by atoms with E-state index in [-0.39, 0.29) is 12.1 Å². The Morgan fingerprint density at radius 1 is 1.67 bits per heavy atom. The summed E-state index contributed by atoms with van der Waals surface area (Å²) in [6.45, 7) is 2.96. The highest BCUT2D eigenvalue weighted by molar-refractivity contribution is 4.91. The highest BCUT2D eigenvalue weighted by Crippen LogP contribution is 2.06. The first kappa shape index (κ1) is 6.99. The summed E-state index contributed by atoms with van der Waals surface area (Å²) in [5.74, 6) is 0. The van der Waals surface area contributed by atoms with Gasteiger partial charge in [0.2, 0.25) is 0 Å². The Bertz CT molecular complexity index is 97.1. The van der Waals surface area contributed by atoms with Crippen LogP contribution < -0.4 is 11.1 Å². The lowest BCUT2D eigenvalue weighted by Crippen LogP contribution is -2.39. The van der Waals surface area contributed by atoms with Crippen LogP contribution in [0.25, 0.3) is 0 Å². The van der Waals surface area contributed by atoms with Crippen LogP contribution in [0.2, 0.25) is 0 Å². The Kier molecular flexibility index (Phi) is 2.05. The van der Waals surface area contributed by atoms with Crippen molar-refractivity contribution in [2.45, 2.75) is 25.1 Å². The summed E-state index contributed by atoms with van der Waals surface area (Å²) < 4.78 is 5.11. The molecule has 3 nitrogen and oxygen atoms in total. The first-order valence-electron chi connectivity index (χ1n) is 3.27. The Labute approximate surface area is 55.6 Å². The molecule has 9 heavy (non-hydrogen) atoms. The van der Waals surface area contributed by atoms with Crippen LogP contribution in [0.5, 0.6) is 0 Å². The van der Waals surface area contributed by atoms with Crippen molar-refractivity contribution in [3.05, 3.63) is 0 Å². The number of hydrogen-bond acceptors (Lipinski definition) is 3. The third-order valence-corrected chi connectivity index (χ3v) is 1.95. The van der Waals surface area contributed by atoms with E-state index in [0.29, 0.717) is 6.04 Å². The second kappa shape index (κ2) is 2.64. The predicted molar refractivity (Wildman–Crippen MR) is 36.2 cm³/mol. The third-order valence-electron chi connectivity index (χ3n) is 1.95. The molecule has 0 aromatic heterocycles. The van der Waals surface area contributed by atoms with Crippen LogP contribution in [0, 0.1) is 0 Å². The van der Waals surface area contributed by atoms with Gasteiger partial charge in [-0.05, 0) is 6.92 Å². The number of methoxy groups -OCH3 is 1. The van der Waals surface area contributed by atoms with Crippen molar-refractivity contribution in [2.75, 3.05) is 13.7 Å². The summed E-state index contributed by atoms with van der Waals surface area (Å²) in [7, 11) is 1.70. The zero-order valence-corrected chi connectivity index (χ0v) is 5.92. The first-order valence-corrected chi connectivity index (χ1v) is 3.27. The second-order valence-corrected chi connectivity index (χ2v) is 2.55. The van der Waals surface area contributed by atoms with E-state index in [0.717, 1.165) is 6.54 Å². The largest absolute Gasteiger partial charge is 0.378 e. The standard InChI is InChI=1S/C6H14N2O/c1-4-6(7)5(9-2)3-8-4/h4-6,8H,3,7H2,1-2H3/t4-,5-,6-/m0/s1. The van der Waals surface area contributed by atoms with Crippen LogP contribution in [0.1, 0.15) is 6.92 Å². The molecular formula is C6H14N2O. The predicted octanol–water partition coefficient (Wildman–Crippen LogP) is -0.680. The molecule has 0 spiro atoms. The summed E-state index contributed by atoms with van der Waals surface area (Å²) >= 11 is 0. The molecule has 0 aromatic rings. The molecule has 0 bridgehead atoms. The molecule has 1 aliphatic rings. The molecular weight excluding hydrogens is 116 g/mol. The quantitative estimate of drug-likeness (QED) is 0.494. The summed E-state index contributed by atoms with van der Waals surface area (Å²) in [5, 5.41) is 3.22. The van der Waals surface area contributed by atoms with Gasteiger partial charge in [-0.1, -0.05) is 0 Å². The zero-order valence-electron chi connectivity index (χ0n) is 5.92. The SMILES string of the molecule is CO[C@H]1CN[C@@H](C)[C@@H]1N. The first-order chi connectivity index (χ1) is 4.25. The Balaban J connectivity index is 2.41. The maximum Gasteiger partial charge on any atom is 0.0861 e. The molecule has 0 aliphatic carbocycles. The van der Waals surface area contributed by atoms with E-state index in [1.54, 1.807) is 7.11 Å². The van der Waals surface area contributed by atoms with Crippen molar-refractivity contribution in [2.24, 2.45) is 5.73 Å². The second-order valence-electron chi connectivity index (χ2n) is 2.55. The molecule has 54 valence electrons. The molecule has 1 heterocycles. The highest BCUT2D eigenvalue weighted by atomic mass is 16.5. The minimum atomic E-state index is 0.162. The normalized spacial score (nSPS) is 43.7. The van der Waals surface area contributed by atoms with E-state index in [9.17, 15) is 0 Å². The average molecular weight is 130 g/mol. The molecule has 0 saturated carbocycles. The molecule has 3 heteroatoms. The summed E-state index contributed by atoms with van der Waals surface area (Å²) in [6.07, 6.45) is 0.208. The van der Waals surface area contributed by atoms with Crippen LogP contribution in [0.15, 0.2) is 0 Å². The molecule has 1 saturated heterocycles. The summed E-state index contributed by atoms with van der Waals surface area (Å²) in [5.41, 5.74) is 5.75. The van der Waals surface area contributed by atoms with Crippen LogP contribution in [-0.4, -0.2) is 31.8 Å². The van der Waals surface area contributed by atoms with Gasteiger partial charge in [0, 0.05) is 25.7 Å². The number of ether oxygens (including phenoxy) is 1. The fourth-order valence-electron chi connectivity index (χ4n) is 1.14. The van der Waals surface area contributed by atoms with Gasteiger partial charge in [-0.15, -0.1) is 0 Å². The van der Waals surface area contributed by atoms with Crippen molar-refractivity contribution in [1.82, 2.24) is 5.32 Å². The molecule has 1 fully saturated rings. The lowest BCUT2D eigenvalue weighted by Gasteiger charge is -2.14. The topological polar surface area (TPSA) is 47.3 Å². The van der Waals surface area contributed by atoms with Gasteiger partial charge in [0.15, 0.2) is 0 Å². The number of rotatable bonds is 1. The van der Waals surface area contributed by atoms with Gasteiger partial charge in [-0.2, -0.15) is 0 Å². The molecule has 3 N–H and O–H groups in total. The minimum Gasteiger partial charge on any atom is -0.378 e. The fourth-order valence-corrected chi connectivity index (χ4v) is 1.14. The van der Waals surface area contributed by atoms with Gasteiger partial charge in [0.25, 0.3) is 0 Å². The summed E-state index contributed by atoms with van der Waals surface area (Å²) in [4.78, 5) is 0. The molecule has 0 unspecified atom stereocenters. The Morgan fingerprint density at radius 2 is 2.33 bits per heavy atom. The Hall–Kier alpha value is -0.120. The van der Waals surface area contributed by atoms with Gasteiger partial charge in [0.05, 0.1) is 6.10 Å². The molecule has 0 radical (unpaired) electrons. The van der Waals surface area contributed by atoms with Gasteiger partial charge >= 0.3 is 0 Å². The molecule has 1 rings (SSSR count). The third kappa shape index (κ3) is 1.23. The van der Waals surface area contributed by atoms with Crippen molar-refractivity contribution >= 4 is 0 Å². The van der Waals surface area contributed by atoms with Crippen molar-refractivity contribution in [3.8, 4) is 0 Å². The van der Waals surface area contributed by atoms with E-state index in [4.69, 9.17) is 10.5 Å². The lowest BCUT2D eigenvalue weighted by molar-refractivity contribution is 0.104. The van der Waals surface area contributed by atoms with Gasteiger partial charge in [-0.25, -0.2) is 0 Å². The number of hydrogen-bond donors (Lipinski definition) is 2. The van der Waals surface area contributed by atoms with E-state index in [2.05, 4.69) is 12.2 Å². The molecule has 1 aliphatic heterocycles. The highest BCUT2D eigenvalue weighted by Gasteiger charge is 2.29. The van der Waals surface area contributed by atoms with Crippen LogP contribution in [0.4, 0.5) is 0 Å². The van der Waals surface area contributed by atoms with E-state index in [1.165, 1.54) is 0 Å². The van der Waals surface area contributed by atoms with E-state index < -0.39 is 0 Å². The molecule has 0 amide bonds. The number of nitrogens with two attached hydrogens (primary N) is 1. The monoisotopic (exact) mass is 130 g/mol. The maximum absolute atomic E-state index is 5.75. The van der Waals surface area contributed by atoms with E-state index >= 15 is 0 Å². The fraction of sp³-hybridized carbons (Fsp3) is 1.00. The summed E-state index contributed by atoms with van der Waals surface area (Å²) in [6, 6.07) is 0.560.